The van der Waals surface area contributed by atoms with Crippen LogP contribution in [-0.2, 0) is 11.3 Å². The lowest BCUT2D eigenvalue weighted by atomic mass is 10.3. The molecule has 0 saturated carbocycles. The van der Waals surface area contributed by atoms with Crippen LogP contribution in [0.4, 0.5) is 15.8 Å². The summed E-state index contributed by atoms with van der Waals surface area (Å²) >= 11 is 0. The quantitative estimate of drug-likeness (QED) is 0.724. The van der Waals surface area contributed by atoms with E-state index in [1.54, 1.807) is 24.3 Å². The first-order chi connectivity index (χ1) is 13.0. The number of carbonyl (C=O) groups excluding carboxylic acids is 2. The summed E-state index contributed by atoms with van der Waals surface area (Å²) in [5.41, 5.74) is 0.273. The Morgan fingerprint density at radius 1 is 0.926 bits per heavy atom. The van der Waals surface area contributed by atoms with Crippen LogP contribution in [0.1, 0.15) is 10.5 Å². The second kappa shape index (κ2) is 8.05. The van der Waals surface area contributed by atoms with E-state index in [1.165, 1.54) is 24.3 Å². The molecule has 2 N–H and O–H groups in total. The molecular weight excluding hydrogens is 351 g/mol. The van der Waals surface area contributed by atoms with Gasteiger partial charge in [0.25, 0.3) is 11.5 Å². The van der Waals surface area contributed by atoms with Gasteiger partial charge >= 0.3 is 0 Å². The highest BCUT2D eigenvalue weighted by molar-refractivity contribution is 6.02. The van der Waals surface area contributed by atoms with Crippen molar-refractivity contribution in [3.63, 3.8) is 0 Å². The zero-order valence-corrected chi connectivity index (χ0v) is 14.1. The van der Waals surface area contributed by atoms with Crippen molar-refractivity contribution in [2.75, 3.05) is 10.6 Å². The molecule has 27 heavy (non-hydrogen) atoms. The lowest BCUT2D eigenvalue weighted by Crippen LogP contribution is -2.31. The van der Waals surface area contributed by atoms with Crippen LogP contribution < -0.4 is 16.2 Å². The highest BCUT2D eigenvalue weighted by Gasteiger charge is 2.12. The second-order valence-electron chi connectivity index (χ2n) is 5.59. The molecule has 8 heteroatoms. The highest BCUT2D eigenvalue weighted by atomic mass is 19.1. The number of hydrogen-bond donors (Lipinski definition) is 2. The van der Waals surface area contributed by atoms with Gasteiger partial charge in [-0.25, -0.2) is 9.07 Å². The topological polar surface area (TPSA) is 93.1 Å². The summed E-state index contributed by atoms with van der Waals surface area (Å²) in [6.07, 6.45) is 0. The van der Waals surface area contributed by atoms with Crippen LogP contribution in [0, 0.1) is 5.82 Å². The summed E-state index contributed by atoms with van der Waals surface area (Å²) in [5.74, 6) is -1.58. The summed E-state index contributed by atoms with van der Waals surface area (Å²) in [4.78, 5) is 36.3. The van der Waals surface area contributed by atoms with Gasteiger partial charge in [-0.2, -0.15) is 5.10 Å². The predicted molar refractivity (Wildman–Crippen MR) is 97.9 cm³/mol. The van der Waals surface area contributed by atoms with Crippen LogP contribution >= 0.6 is 0 Å². The van der Waals surface area contributed by atoms with Crippen molar-refractivity contribution in [2.24, 2.45) is 0 Å². The number of nitrogens with one attached hydrogen (secondary N) is 2. The van der Waals surface area contributed by atoms with Crippen molar-refractivity contribution < 1.29 is 14.0 Å². The number of benzene rings is 2. The average molecular weight is 366 g/mol. The molecule has 0 spiro atoms. The van der Waals surface area contributed by atoms with E-state index < -0.39 is 29.7 Å². The van der Waals surface area contributed by atoms with Crippen LogP contribution in [0.5, 0.6) is 0 Å². The van der Waals surface area contributed by atoms with Crippen molar-refractivity contribution in [2.45, 2.75) is 6.54 Å². The van der Waals surface area contributed by atoms with Crippen LogP contribution in [0.25, 0.3) is 0 Å². The van der Waals surface area contributed by atoms with Gasteiger partial charge in [-0.15, -0.1) is 0 Å². The molecule has 2 aromatic carbocycles. The van der Waals surface area contributed by atoms with Crippen molar-refractivity contribution in [3.05, 3.63) is 88.6 Å². The van der Waals surface area contributed by atoms with Gasteiger partial charge in [0.1, 0.15) is 18.1 Å². The van der Waals surface area contributed by atoms with Crippen LogP contribution in [0.3, 0.4) is 0 Å². The van der Waals surface area contributed by atoms with Gasteiger partial charge in [0.15, 0.2) is 0 Å². The molecule has 0 atom stereocenters. The maximum Gasteiger partial charge on any atom is 0.276 e. The number of amides is 2. The summed E-state index contributed by atoms with van der Waals surface area (Å²) in [7, 11) is 0. The fourth-order valence-corrected chi connectivity index (χ4v) is 2.30. The molecule has 3 rings (SSSR count). The maximum atomic E-state index is 13.2. The summed E-state index contributed by atoms with van der Waals surface area (Å²) in [6, 6.07) is 16.6. The molecule has 0 aliphatic rings. The number of halogens is 1. The van der Waals surface area contributed by atoms with E-state index in [0.29, 0.717) is 5.69 Å². The van der Waals surface area contributed by atoms with Crippen LogP contribution in [-0.4, -0.2) is 21.6 Å². The first-order valence-corrected chi connectivity index (χ1v) is 8.01. The van der Waals surface area contributed by atoms with Gasteiger partial charge in [-0.3, -0.25) is 14.4 Å². The van der Waals surface area contributed by atoms with Gasteiger partial charge < -0.3 is 10.6 Å². The third-order valence-electron chi connectivity index (χ3n) is 3.53. The van der Waals surface area contributed by atoms with Gasteiger partial charge in [-0.1, -0.05) is 24.3 Å². The van der Waals surface area contributed by atoms with E-state index in [1.807, 2.05) is 6.07 Å². The summed E-state index contributed by atoms with van der Waals surface area (Å²) < 4.78 is 14.0. The van der Waals surface area contributed by atoms with E-state index in [4.69, 9.17) is 0 Å². The van der Waals surface area contributed by atoms with Gasteiger partial charge in [0.2, 0.25) is 5.91 Å². The minimum absolute atomic E-state index is 0.0167. The summed E-state index contributed by atoms with van der Waals surface area (Å²) in [5, 5.41) is 9.04. The average Bonchev–Trinajstić information content (AvgIpc) is 2.64. The molecule has 1 aromatic heterocycles. The van der Waals surface area contributed by atoms with Crippen LogP contribution in [0.15, 0.2) is 71.5 Å². The standard InChI is InChI=1S/C19H15FN4O3/c20-13-5-4-8-15(11-13)21-17(25)12-24-18(26)10-9-16(23-24)19(27)22-14-6-2-1-3-7-14/h1-11H,12H2,(H,21,25)(H,22,27). The van der Waals surface area contributed by atoms with E-state index in [-0.39, 0.29) is 11.4 Å². The smallest absolute Gasteiger partial charge is 0.276 e. The highest BCUT2D eigenvalue weighted by Crippen LogP contribution is 2.09. The maximum absolute atomic E-state index is 13.2. The number of aromatic nitrogens is 2. The molecule has 0 saturated heterocycles. The predicted octanol–water partition coefficient (Wildman–Crippen LogP) is 2.27. The van der Waals surface area contributed by atoms with E-state index >= 15 is 0 Å². The Labute approximate surface area is 153 Å². The number of carbonyl (C=O) groups is 2. The molecule has 136 valence electrons. The molecule has 0 aliphatic heterocycles. The Bertz CT molecular complexity index is 1030. The third-order valence-corrected chi connectivity index (χ3v) is 3.53. The van der Waals surface area contributed by atoms with Crippen molar-refractivity contribution in [1.29, 1.82) is 0 Å². The second-order valence-corrected chi connectivity index (χ2v) is 5.59. The molecule has 0 aliphatic carbocycles. The SMILES string of the molecule is O=C(Cn1nc(C(=O)Nc2ccccc2)ccc1=O)Nc1cccc(F)c1. The Balaban J connectivity index is 1.72. The molecule has 1 heterocycles. The Morgan fingerprint density at radius 2 is 1.67 bits per heavy atom. The minimum Gasteiger partial charge on any atom is -0.324 e. The third kappa shape index (κ3) is 4.85. The number of hydrogen-bond acceptors (Lipinski definition) is 4. The molecule has 0 radical (unpaired) electrons. The fraction of sp³-hybridized carbons (Fsp3) is 0.0526. The zero-order chi connectivity index (χ0) is 19.2. The van der Waals surface area contributed by atoms with E-state index in [0.717, 1.165) is 16.8 Å². The van der Waals surface area contributed by atoms with Crippen molar-refractivity contribution in [3.8, 4) is 0 Å². The molecule has 2 amide bonds. The summed E-state index contributed by atoms with van der Waals surface area (Å²) in [6.45, 7) is -0.415. The number of nitrogens with zero attached hydrogens (tertiary/aromatic N) is 2. The molecule has 0 bridgehead atoms. The lowest BCUT2D eigenvalue weighted by Gasteiger charge is -2.09. The first-order valence-electron chi connectivity index (χ1n) is 8.01. The molecule has 0 fully saturated rings. The Kier molecular flexibility index (Phi) is 5.36. The monoisotopic (exact) mass is 366 g/mol. The molecular formula is C19H15FN4O3. The van der Waals surface area contributed by atoms with Gasteiger partial charge in [-0.05, 0) is 36.4 Å². The first kappa shape index (κ1) is 18.0. The zero-order valence-electron chi connectivity index (χ0n) is 14.1. The lowest BCUT2D eigenvalue weighted by molar-refractivity contribution is -0.117. The van der Waals surface area contributed by atoms with E-state index in [9.17, 15) is 18.8 Å². The van der Waals surface area contributed by atoms with Crippen LogP contribution in [0.2, 0.25) is 0 Å². The fourth-order valence-electron chi connectivity index (χ4n) is 2.30. The van der Waals surface area contributed by atoms with Crippen molar-refractivity contribution >= 4 is 23.2 Å². The Morgan fingerprint density at radius 3 is 2.41 bits per heavy atom. The Hall–Kier alpha value is -3.81. The van der Waals surface area contributed by atoms with Gasteiger partial charge in [0, 0.05) is 17.4 Å². The normalized spacial score (nSPS) is 10.3. The molecule has 0 unspecified atom stereocenters. The number of rotatable bonds is 5. The number of para-hydroxylation sites is 1. The van der Waals surface area contributed by atoms with E-state index in [2.05, 4.69) is 15.7 Å². The van der Waals surface area contributed by atoms with Crippen molar-refractivity contribution in [1.82, 2.24) is 9.78 Å². The minimum atomic E-state index is -0.573. The molecule has 3 aromatic rings. The molecule has 7 nitrogen and oxygen atoms in total. The largest absolute Gasteiger partial charge is 0.324 e. The number of anilines is 2. The van der Waals surface area contributed by atoms with Gasteiger partial charge in [0.05, 0.1) is 0 Å².